The molecule has 7 heteroatoms. The maximum absolute atomic E-state index is 11.4. The first-order chi connectivity index (χ1) is 9.40. The van der Waals surface area contributed by atoms with Crippen molar-refractivity contribution in [3.8, 4) is 0 Å². The molecule has 0 aliphatic heterocycles. The Morgan fingerprint density at radius 1 is 1.50 bits per heavy atom. The first-order valence-electron chi connectivity index (χ1n) is 6.02. The lowest BCUT2D eigenvalue weighted by Crippen LogP contribution is -2.24. The van der Waals surface area contributed by atoms with Gasteiger partial charge >= 0.3 is 5.97 Å². The van der Waals surface area contributed by atoms with E-state index >= 15 is 0 Å². The highest BCUT2D eigenvalue weighted by Gasteiger charge is 2.20. The Labute approximate surface area is 120 Å². The number of aryl methyl sites for hydroxylation is 1. The average Bonchev–Trinajstić information content (AvgIpc) is 2.72. The van der Waals surface area contributed by atoms with Crippen LogP contribution in [0, 0.1) is 6.92 Å². The summed E-state index contributed by atoms with van der Waals surface area (Å²) < 4.78 is 1.69. The quantitative estimate of drug-likeness (QED) is 0.815. The number of aromatic nitrogens is 2. The van der Waals surface area contributed by atoms with Crippen LogP contribution < -0.4 is 5.73 Å². The summed E-state index contributed by atoms with van der Waals surface area (Å²) in [6.07, 6.45) is 0. The van der Waals surface area contributed by atoms with Crippen LogP contribution in [0.4, 0.5) is 0 Å². The second-order valence-corrected chi connectivity index (χ2v) is 5.46. The molecule has 0 aliphatic rings. The Balaban J connectivity index is 2.56. The van der Waals surface area contributed by atoms with E-state index in [1.165, 1.54) is 0 Å². The fraction of sp³-hybridized carbons (Fsp3) is 0.308. The number of fused-ring (bicyclic) bond motifs is 1. The van der Waals surface area contributed by atoms with Gasteiger partial charge < -0.3 is 15.4 Å². The van der Waals surface area contributed by atoms with Crippen LogP contribution in [0.1, 0.15) is 18.5 Å². The molecular formula is C13H15N3O3S. The van der Waals surface area contributed by atoms with E-state index in [1.807, 2.05) is 25.1 Å². The van der Waals surface area contributed by atoms with Gasteiger partial charge in [0.25, 0.3) is 0 Å². The van der Waals surface area contributed by atoms with E-state index in [1.54, 1.807) is 11.5 Å². The molecule has 1 heterocycles. The molecule has 106 valence electrons. The molecule has 0 radical (unpaired) electrons. The third kappa shape index (κ3) is 2.77. The lowest BCUT2D eigenvalue weighted by atomic mass is 10.2. The van der Waals surface area contributed by atoms with Gasteiger partial charge in [0.1, 0.15) is 6.04 Å². The summed E-state index contributed by atoms with van der Waals surface area (Å²) in [4.78, 5) is 26.6. The molecule has 0 aliphatic carbocycles. The average molecular weight is 293 g/mol. The van der Waals surface area contributed by atoms with Crippen LogP contribution in [0.5, 0.6) is 0 Å². The van der Waals surface area contributed by atoms with Gasteiger partial charge in [-0.1, -0.05) is 17.8 Å². The monoisotopic (exact) mass is 293 g/mol. The molecule has 3 N–H and O–H groups in total. The van der Waals surface area contributed by atoms with E-state index in [0.29, 0.717) is 5.16 Å². The molecule has 1 unspecified atom stereocenters. The van der Waals surface area contributed by atoms with Crippen LogP contribution in [0.25, 0.3) is 11.0 Å². The Hall–Kier alpha value is -2.02. The van der Waals surface area contributed by atoms with Crippen LogP contribution in [0.2, 0.25) is 0 Å². The molecule has 2 aromatic rings. The summed E-state index contributed by atoms with van der Waals surface area (Å²) in [6.45, 7) is 3.62. The third-order valence-electron chi connectivity index (χ3n) is 2.94. The van der Waals surface area contributed by atoms with Crippen LogP contribution in [0.3, 0.4) is 0 Å². The van der Waals surface area contributed by atoms with Crippen LogP contribution in [-0.4, -0.2) is 32.3 Å². The number of amides is 1. The molecular weight excluding hydrogens is 278 g/mol. The number of hydrogen-bond acceptors (Lipinski definition) is 4. The van der Waals surface area contributed by atoms with E-state index < -0.39 is 17.9 Å². The smallest absolute Gasteiger partial charge is 0.313 e. The number of nitrogens with zero attached hydrogens (tertiary/aromatic N) is 2. The number of imidazole rings is 1. The van der Waals surface area contributed by atoms with Crippen molar-refractivity contribution in [1.82, 2.24) is 9.55 Å². The van der Waals surface area contributed by atoms with E-state index in [4.69, 9.17) is 10.8 Å². The molecule has 6 nitrogen and oxygen atoms in total. The molecule has 0 saturated heterocycles. The molecule has 1 atom stereocenters. The van der Waals surface area contributed by atoms with E-state index in [9.17, 15) is 9.59 Å². The van der Waals surface area contributed by atoms with E-state index in [-0.39, 0.29) is 5.75 Å². The number of rotatable bonds is 5. The van der Waals surface area contributed by atoms with Crippen molar-refractivity contribution >= 4 is 34.7 Å². The number of primary amides is 1. The minimum absolute atomic E-state index is 0.117. The number of benzene rings is 1. The lowest BCUT2D eigenvalue weighted by molar-refractivity contribution is -0.133. The third-order valence-corrected chi connectivity index (χ3v) is 3.87. The first-order valence-corrected chi connectivity index (χ1v) is 7.01. The van der Waals surface area contributed by atoms with Gasteiger partial charge in [-0.25, -0.2) is 4.98 Å². The van der Waals surface area contributed by atoms with Crippen LogP contribution >= 0.6 is 11.8 Å². The summed E-state index contributed by atoms with van der Waals surface area (Å²) in [7, 11) is 0. The lowest BCUT2D eigenvalue weighted by Gasteiger charge is -2.13. The van der Waals surface area contributed by atoms with Crippen molar-refractivity contribution in [1.29, 1.82) is 0 Å². The Morgan fingerprint density at radius 3 is 2.80 bits per heavy atom. The highest BCUT2D eigenvalue weighted by Crippen LogP contribution is 2.28. The highest BCUT2D eigenvalue weighted by atomic mass is 32.2. The number of carbonyl (C=O) groups is 2. The maximum Gasteiger partial charge on any atom is 0.313 e. The molecule has 0 spiro atoms. The normalized spacial score (nSPS) is 12.5. The van der Waals surface area contributed by atoms with Gasteiger partial charge in [0, 0.05) is 0 Å². The number of aliphatic carboxylic acids is 1. The van der Waals surface area contributed by atoms with Crippen molar-refractivity contribution in [3.05, 3.63) is 23.8 Å². The number of hydrogen-bond donors (Lipinski definition) is 2. The minimum Gasteiger partial charge on any atom is -0.481 e. The number of carboxylic acid groups (broad SMARTS) is 1. The Bertz CT molecular complexity index is 681. The number of nitrogens with two attached hydrogens (primary N) is 1. The van der Waals surface area contributed by atoms with Gasteiger partial charge in [-0.05, 0) is 31.5 Å². The molecule has 1 aromatic carbocycles. The van der Waals surface area contributed by atoms with Crippen LogP contribution in [-0.2, 0) is 9.59 Å². The van der Waals surface area contributed by atoms with Gasteiger partial charge in [-0.3, -0.25) is 9.59 Å². The fourth-order valence-electron chi connectivity index (χ4n) is 1.92. The van der Waals surface area contributed by atoms with E-state index in [2.05, 4.69) is 4.98 Å². The summed E-state index contributed by atoms with van der Waals surface area (Å²) in [5, 5.41) is 9.27. The highest BCUT2D eigenvalue weighted by molar-refractivity contribution is 7.99. The van der Waals surface area contributed by atoms with Crippen molar-refractivity contribution in [2.75, 3.05) is 5.75 Å². The van der Waals surface area contributed by atoms with Gasteiger partial charge in [-0.2, -0.15) is 0 Å². The second kappa shape index (κ2) is 5.54. The van der Waals surface area contributed by atoms with Gasteiger partial charge in [0.15, 0.2) is 5.16 Å². The Morgan fingerprint density at radius 2 is 2.20 bits per heavy atom. The molecule has 2 rings (SSSR count). The van der Waals surface area contributed by atoms with Gasteiger partial charge in [0.05, 0.1) is 16.8 Å². The second-order valence-electron chi connectivity index (χ2n) is 4.52. The minimum atomic E-state index is -0.934. The Kier molecular flexibility index (Phi) is 3.99. The molecule has 0 bridgehead atoms. The molecule has 20 heavy (non-hydrogen) atoms. The van der Waals surface area contributed by atoms with Crippen molar-refractivity contribution in [2.24, 2.45) is 5.73 Å². The summed E-state index contributed by atoms with van der Waals surface area (Å²) in [5.41, 5.74) is 7.91. The van der Waals surface area contributed by atoms with E-state index in [0.717, 1.165) is 28.4 Å². The molecule has 1 aromatic heterocycles. The first kappa shape index (κ1) is 14.4. The molecule has 0 fully saturated rings. The standard InChI is InChI=1S/C13H15N3O3S/c1-7-3-4-10-9(5-7)15-13(20-6-11(17)18)16(10)8(2)12(14)19/h3-5,8H,6H2,1-2H3,(H2,14,19)(H,17,18). The number of carbonyl (C=O) groups excluding carboxylic acids is 1. The molecule has 1 amide bonds. The van der Waals surface area contributed by atoms with Gasteiger partial charge in [0.2, 0.25) is 5.91 Å². The largest absolute Gasteiger partial charge is 0.481 e. The summed E-state index contributed by atoms with van der Waals surface area (Å²) in [5.74, 6) is -1.54. The molecule has 0 saturated carbocycles. The fourth-order valence-corrected chi connectivity index (χ4v) is 2.73. The summed E-state index contributed by atoms with van der Waals surface area (Å²) >= 11 is 1.08. The van der Waals surface area contributed by atoms with Gasteiger partial charge in [-0.15, -0.1) is 0 Å². The zero-order valence-electron chi connectivity index (χ0n) is 11.2. The zero-order chi connectivity index (χ0) is 14.9. The number of carboxylic acids is 1. The van der Waals surface area contributed by atoms with Crippen molar-refractivity contribution in [2.45, 2.75) is 25.0 Å². The maximum atomic E-state index is 11.4. The van der Waals surface area contributed by atoms with Crippen molar-refractivity contribution in [3.63, 3.8) is 0 Å². The van der Waals surface area contributed by atoms with Crippen molar-refractivity contribution < 1.29 is 14.7 Å². The summed E-state index contributed by atoms with van der Waals surface area (Å²) in [6, 6.07) is 5.09. The zero-order valence-corrected chi connectivity index (χ0v) is 12.0. The predicted molar refractivity (Wildman–Crippen MR) is 76.7 cm³/mol. The predicted octanol–water partition coefficient (Wildman–Crippen LogP) is 1.57. The van der Waals surface area contributed by atoms with Crippen LogP contribution in [0.15, 0.2) is 23.4 Å². The number of thioether (sulfide) groups is 1. The SMILES string of the molecule is Cc1ccc2c(c1)nc(SCC(=O)O)n2C(C)C(N)=O. The topological polar surface area (TPSA) is 98.2 Å².